The van der Waals surface area contributed by atoms with Crippen LogP contribution in [0.5, 0.6) is 0 Å². The SMILES string of the molecule is Cc1c(C)c(C)c(CCCCNCC(C)C)c(C)c1C. The maximum Gasteiger partial charge on any atom is -0.00258 e. The van der Waals surface area contributed by atoms with Gasteiger partial charge in [0.15, 0.2) is 0 Å². The van der Waals surface area contributed by atoms with Gasteiger partial charge in [0, 0.05) is 0 Å². The van der Waals surface area contributed by atoms with E-state index >= 15 is 0 Å². The average molecular weight is 275 g/mol. The van der Waals surface area contributed by atoms with Crippen LogP contribution in [0, 0.1) is 40.5 Å². The van der Waals surface area contributed by atoms with E-state index in [1.807, 2.05) is 0 Å². The Hall–Kier alpha value is -0.820. The number of hydrogen-bond donors (Lipinski definition) is 1. The van der Waals surface area contributed by atoms with E-state index in [0.717, 1.165) is 19.0 Å². The van der Waals surface area contributed by atoms with Crippen LogP contribution in [-0.2, 0) is 6.42 Å². The zero-order valence-electron chi connectivity index (χ0n) is 14.6. The van der Waals surface area contributed by atoms with Crippen LogP contribution in [0.25, 0.3) is 0 Å². The van der Waals surface area contributed by atoms with Crippen molar-refractivity contribution >= 4 is 0 Å². The van der Waals surface area contributed by atoms with E-state index in [4.69, 9.17) is 0 Å². The second-order valence-corrected chi connectivity index (χ2v) is 6.66. The molecule has 114 valence electrons. The number of benzene rings is 1. The van der Waals surface area contributed by atoms with Gasteiger partial charge >= 0.3 is 0 Å². The molecular formula is C19H33N. The minimum Gasteiger partial charge on any atom is -0.316 e. The molecule has 0 aliphatic rings. The Morgan fingerprint density at radius 3 is 1.75 bits per heavy atom. The van der Waals surface area contributed by atoms with Gasteiger partial charge in [0.2, 0.25) is 0 Å². The molecule has 0 amide bonds. The van der Waals surface area contributed by atoms with Crippen LogP contribution in [0.15, 0.2) is 0 Å². The highest BCUT2D eigenvalue weighted by Gasteiger charge is 2.11. The third-order valence-corrected chi connectivity index (χ3v) is 4.74. The van der Waals surface area contributed by atoms with Crippen molar-refractivity contribution in [3.05, 3.63) is 33.4 Å². The highest BCUT2D eigenvalue weighted by atomic mass is 14.8. The molecule has 0 radical (unpaired) electrons. The molecule has 0 saturated carbocycles. The van der Waals surface area contributed by atoms with Gasteiger partial charge in [-0.25, -0.2) is 0 Å². The van der Waals surface area contributed by atoms with Crippen LogP contribution in [-0.4, -0.2) is 13.1 Å². The Labute approximate surface area is 126 Å². The van der Waals surface area contributed by atoms with Gasteiger partial charge in [-0.3, -0.25) is 0 Å². The maximum absolute atomic E-state index is 3.53. The number of hydrogen-bond acceptors (Lipinski definition) is 1. The second-order valence-electron chi connectivity index (χ2n) is 6.66. The summed E-state index contributed by atoms with van der Waals surface area (Å²) in [6.07, 6.45) is 3.79. The van der Waals surface area contributed by atoms with Crippen LogP contribution in [0.4, 0.5) is 0 Å². The number of rotatable bonds is 7. The first kappa shape index (κ1) is 17.2. The van der Waals surface area contributed by atoms with E-state index in [1.165, 1.54) is 47.1 Å². The second kappa shape index (κ2) is 7.83. The van der Waals surface area contributed by atoms with E-state index in [1.54, 1.807) is 5.56 Å². The van der Waals surface area contributed by atoms with Crippen molar-refractivity contribution in [2.75, 3.05) is 13.1 Å². The molecule has 0 atom stereocenters. The van der Waals surface area contributed by atoms with Crippen LogP contribution >= 0.6 is 0 Å². The summed E-state index contributed by atoms with van der Waals surface area (Å²) in [5.74, 6) is 0.752. The van der Waals surface area contributed by atoms with Gasteiger partial charge in [-0.2, -0.15) is 0 Å². The minimum atomic E-state index is 0.752. The topological polar surface area (TPSA) is 12.0 Å². The van der Waals surface area contributed by atoms with Crippen LogP contribution in [0.3, 0.4) is 0 Å². The Morgan fingerprint density at radius 2 is 1.25 bits per heavy atom. The first-order chi connectivity index (χ1) is 9.36. The molecule has 1 rings (SSSR count). The monoisotopic (exact) mass is 275 g/mol. The van der Waals surface area contributed by atoms with Crippen molar-refractivity contribution < 1.29 is 0 Å². The zero-order chi connectivity index (χ0) is 15.3. The van der Waals surface area contributed by atoms with Crippen molar-refractivity contribution in [2.45, 2.75) is 67.7 Å². The molecule has 0 unspecified atom stereocenters. The Balaban J connectivity index is 2.57. The Kier molecular flexibility index (Phi) is 6.75. The maximum atomic E-state index is 3.53. The fourth-order valence-electron chi connectivity index (χ4n) is 2.90. The predicted molar refractivity (Wildman–Crippen MR) is 90.8 cm³/mol. The predicted octanol–water partition coefficient (Wildman–Crippen LogP) is 4.80. The molecule has 1 N–H and O–H groups in total. The summed E-state index contributed by atoms with van der Waals surface area (Å²) in [6.45, 7) is 18.2. The van der Waals surface area contributed by atoms with Gasteiger partial charge in [-0.1, -0.05) is 13.8 Å². The van der Waals surface area contributed by atoms with Crippen molar-refractivity contribution in [2.24, 2.45) is 5.92 Å². The van der Waals surface area contributed by atoms with E-state index in [-0.39, 0.29) is 0 Å². The first-order valence-corrected chi connectivity index (χ1v) is 8.12. The van der Waals surface area contributed by atoms with Gasteiger partial charge in [-0.05, 0) is 106 Å². The summed E-state index contributed by atoms with van der Waals surface area (Å²) in [5, 5.41) is 3.53. The first-order valence-electron chi connectivity index (χ1n) is 8.12. The Morgan fingerprint density at radius 1 is 0.750 bits per heavy atom. The Bertz CT molecular complexity index is 415. The van der Waals surface area contributed by atoms with Crippen LogP contribution in [0.2, 0.25) is 0 Å². The quantitative estimate of drug-likeness (QED) is 0.705. The summed E-state index contributed by atoms with van der Waals surface area (Å²) in [4.78, 5) is 0. The molecule has 1 heteroatoms. The van der Waals surface area contributed by atoms with Gasteiger partial charge in [0.05, 0.1) is 0 Å². The van der Waals surface area contributed by atoms with E-state index in [2.05, 4.69) is 53.8 Å². The summed E-state index contributed by atoms with van der Waals surface area (Å²) in [6, 6.07) is 0. The lowest BCUT2D eigenvalue weighted by Crippen LogP contribution is -2.20. The molecule has 1 aromatic carbocycles. The molecule has 0 spiro atoms. The van der Waals surface area contributed by atoms with Gasteiger partial charge in [0.1, 0.15) is 0 Å². The largest absolute Gasteiger partial charge is 0.316 e. The molecule has 1 aromatic rings. The molecule has 0 aromatic heterocycles. The molecule has 0 heterocycles. The van der Waals surface area contributed by atoms with E-state index in [9.17, 15) is 0 Å². The van der Waals surface area contributed by atoms with E-state index in [0.29, 0.717) is 0 Å². The molecule has 0 bridgehead atoms. The lowest BCUT2D eigenvalue weighted by Gasteiger charge is -2.18. The molecule has 0 fully saturated rings. The third-order valence-electron chi connectivity index (χ3n) is 4.74. The summed E-state index contributed by atoms with van der Waals surface area (Å²) in [7, 11) is 0. The standard InChI is InChI=1S/C19H33N/c1-13(2)12-20-11-9-8-10-19-17(6)15(4)14(3)16(5)18(19)7/h13,20H,8-12H2,1-7H3. The zero-order valence-corrected chi connectivity index (χ0v) is 14.6. The van der Waals surface area contributed by atoms with Gasteiger partial charge < -0.3 is 5.32 Å². The minimum absolute atomic E-state index is 0.752. The molecule has 0 aliphatic carbocycles. The number of nitrogens with one attached hydrogen (secondary N) is 1. The fourth-order valence-corrected chi connectivity index (χ4v) is 2.90. The molecule has 20 heavy (non-hydrogen) atoms. The molecule has 0 aliphatic heterocycles. The fraction of sp³-hybridized carbons (Fsp3) is 0.684. The molecule has 0 saturated heterocycles. The third kappa shape index (κ3) is 4.34. The van der Waals surface area contributed by atoms with Gasteiger partial charge in [0.25, 0.3) is 0 Å². The van der Waals surface area contributed by atoms with Crippen molar-refractivity contribution in [3.8, 4) is 0 Å². The lowest BCUT2D eigenvalue weighted by molar-refractivity contribution is 0.535. The normalized spacial score (nSPS) is 11.4. The smallest absolute Gasteiger partial charge is 0.00258 e. The van der Waals surface area contributed by atoms with Crippen molar-refractivity contribution in [1.82, 2.24) is 5.32 Å². The molecule has 1 nitrogen and oxygen atoms in total. The van der Waals surface area contributed by atoms with Crippen molar-refractivity contribution in [3.63, 3.8) is 0 Å². The van der Waals surface area contributed by atoms with Crippen LogP contribution in [0.1, 0.15) is 60.1 Å². The summed E-state index contributed by atoms with van der Waals surface area (Å²) in [5.41, 5.74) is 9.07. The van der Waals surface area contributed by atoms with Gasteiger partial charge in [-0.15, -0.1) is 0 Å². The summed E-state index contributed by atoms with van der Waals surface area (Å²) < 4.78 is 0. The average Bonchev–Trinajstić information content (AvgIpc) is 2.41. The molecular weight excluding hydrogens is 242 g/mol. The number of unbranched alkanes of at least 4 members (excludes halogenated alkanes) is 1. The highest BCUT2D eigenvalue weighted by Crippen LogP contribution is 2.27. The van der Waals surface area contributed by atoms with E-state index < -0.39 is 0 Å². The lowest BCUT2D eigenvalue weighted by atomic mass is 9.87. The highest BCUT2D eigenvalue weighted by molar-refractivity contribution is 5.49. The summed E-state index contributed by atoms with van der Waals surface area (Å²) >= 11 is 0. The van der Waals surface area contributed by atoms with Crippen molar-refractivity contribution in [1.29, 1.82) is 0 Å². The van der Waals surface area contributed by atoms with Crippen LogP contribution < -0.4 is 5.32 Å².